The first kappa shape index (κ1) is 15.7. The Labute approximate surface area is 122 Å². The first-order valence-electron chi connectivity index (χ1n) is 7.05. The minimum absolute atomic E-state index is 0.0382. The molecule has 0 aromatic rings. The SMILES string of the molecule is CN(CC(=O)NC1CC1)C(=O)CN1CC(O)CC1C(=O)O. The number of hydrogen-bond donors (Lipinski definition) is 3. The number of carbonyl (C=O) groups is 3. The molecule has 1 aliphatic carbocycles. The summed E-state index contributed by atoms with van der Waals surface area (Å²) >= 11 is 0. The van der Waals surface area contributed by atoms with E-state index in [2.05, 4.69) is 5.32 Å². The summed E-state index contributed by atoms with van der Waals surface area (Å²) < 4.78 is 0. The fourth-order valence-electron chi connectivity index (χ4n) is 2.41. The second kappa shape index (κ2) is 6.40. The Morgan fingerprint density at radius 3 is 2.57 bits per heavy atom. The highest BCUT2D eigenvalue weighted by molar-refractivity contribution is 5.86. The Morgan fingerprint density at radius 1 is 1.33 bits per heavy atom. The van der Waals surface area contributed by atoms with Crippen LogP contribution in [0.15, 0.2) is 0 Å². The third kappa shape index (κ3) is 4.40. The van der Waals surface area contributed by atoms with Crippen molar-refractivity contribution < 1.29 is 24.6 Å². The summed E-state index contributed by atoms with van der Waals surface area (Å²) in [7, 11) is 1.51. The quantitative estimate of drug-likeness (QED) is 0.536. The van der Waals surface area contributed by atoms with Crippen molar-refractivity contribution in [3.05, 3.63) is 0 Å². The molecule has 0 bridgehead atoms. The van der Waals surface area contributed by atoms with Crippen molar-refractivity contribution in [3.63, 3.8) is 0 Å². The number of β-amino-alcohol motifs (C(OH)–C–C–N with tert-alkyl or cyclic N) is 1. The zero-order chi connectivity index (χ0) is 15.6. The number of carboxylic acids is 1. The van der Waals surface area contributed by atoms with Gasteiger partial charge < -0.3 is 20.4 Å². The van der Waals surface area contributed by atoms with E-state index in [1.807, 2.05) is 0 Å². The first-order chi connectivity index (χ1) is 9.86. The van der Waals surface area contributed by atoms with Crippen LogP contribution in [-0.4, -0.2) is 82.7 Å². The van der Waals surface area contributed by atoms with E-state index in [1.54, 1.807) is 0 Å². The smallest absolute Gasteiger partial charge is 0.321 e. The van der Waals surface area contributed by atoms with E-state index in [0.717, 1.165) is 12.8 Å². The molecule has 0 radical (unpaired) electrons. The lowest BCUT2D eigenvalue weighted by molar-refractivity contribution is -0.144. The highest BCUT2D eigenvalue weighted by Gasteiger charge is 2.37. The van der Waals surface area contributed by atoms with E-state index >= 15 is 0 Å². The number of aliphatic carboxylic acids is 1. The molecule has 1 aliphatic heterocycles. The van der Waals surface area contributed by atoms with E-state index in [-0.39, 0.29) is 43.9 Å². The summed E-state index contributed by atoms with van der Waals surface area (Å²) in [4.78, 5) is 37.4. The van der Waals surface area contributed by atoms with Crippen molar-refractivity contribution in [1.82, 2.24) is 15.1 Å². The van der Waals surface area contributed by atoms with Crippen molar-refractivity contribution >= 4 is 17.8 Å². The number of aliphatic hydroxyl groups excluding tert-OH is 1. The standard InChI is InChI=1S/C13H21N3O5/c1-15(6-11(18)14-8-2-3-8)12(19)7-16-5-9(17)4-10(16)13(20)21/h8-10,17H,2-7H2,1H3,(H,14,18)(H,20,21). The van der Waals surface area contributed by atoms with Crippen LogP contribution in [-0.2, 0) is 14.4 Å². The van der Waals surface area contributed by atoms with Gasteiger partial charge in [0.05, 0.1) is 19.2 Å². The molecule has 2 fully saturated rings. The van der Waals surface area contributed by atoms with Gasteiger partial charge in [0, 0.05) is 26.1 Å². The summed E-state index contributed by atoms with van der Waals surface area (Å²) in [5.74, 6) is -1.58. The van der Waals surface area contributed by atoms with Gasteiger partial charge in [0.15, 0.2) is 0 Å². The molecule has 1 heterocycles. The minimum atomic E-state index is -1.05. The van der Waals surface area contributed by atoms with Gasteiger partial charge in [-0.2, -0.15) is 0 Å². The van der Waals surface area contributed by atoms with Gasteiger partial charge in [-0.15, -0.1) is 0 Å². The Balaban J connectivity index is 1.81. The average molecular weight is 299 g/mol. The maximum Gasteiger partial charge on any atom is 0.321 e. The molecule has 0 aromatic carbocycles. The lowest BCUT2D eigenvalue weighted by Gasteiger charge is -2.23. The highest BCUT2D eigenvalue weighted by atomic mass is 16.4. The lowest BCUT2D eigenvalue weighted by Crippen LogP contribution is -2.46. The minimum Gasteiger partial charge on any atom is -0.480 e. The Bertz CT molecular complexity index is 438. The zero-order valence-electron chi connectivity index (χ0n) is 12.0. The van der Waals surface area contributed by atoms with Crippen molar-refractivity contribution in [2.75, 3.05) is 26.7 Å². The van der Waals surface area contributed by atoms with Crippen LogP contribution in [0.5, 0.6) is 0 Å². The fourth-order valence-corrected chi connectivity index (χ4v) is 2.41. The largest absolute Gasteiger partial charge is 0.480 e. The van der Waals surface area contributed by atoms with E-state index in [1.165, 1.54) is 16.8 Å². The molecule has 1 saturated carbocycles. The molecule has 21 heavy (non-hydrogen) atoms. The van der Waals surface area contributed by atoms with Crippen LogP contribution >= 0.6 is 0 Å². The number of aliphatic hydroxyl groups is 1. The molecule has 2 amide bonds. The van der Waals surface area contributed by atoms with Gasteiger partial charge in [0.2, 0.25) is 11.8 Å². The molecule has 0 spiro atoms. The van der Waals surface area contributed by atoms with Gasteiger partial charge in [-0.25, -0.2) is 0 Å². The number of carbonyl (C=O) groups excluding carboxylic acids is 2. The number of carboxylic acid groups (broad SMARTS) is 1. The molecule has 2 aliphatic rings. The van der Waals surface area contributed by atoms with Crippen LogP contribution in [0.3, 0.4) is 0 Å². The van der Waals surface area contributed by atoms with E-state index < -0.39 is 18.1 Å². The Kier molecular flexibility index (Phi) is 4.79. The summed E-state index contributed by atoms with van der Waals surface area (Å²) in [5, 5.41) is 21.4. The van der Waals surface area contributed by atoms with Crippen LogP contribution < -0.4 is 5.32 Å². The molecule has 8 heteroatoms. The summed E-state index contributed by atoms with van der Waals surface area (Å²) in [6, 6.07) is -0.608. The number of amides is 2. The molecular formula is C13H21N3O5. The van der Waals surface area contributed by atoms with E-state index in [4.69, 9.17) is 5.11 Å². The molecule has 118 valence electrons. The lowest BCUT2D eigenvalue weighted by atomic mass is 10.2. The fraction of sp³-hybridized carbons (Fsp3) is 0.769. The van der Waals surface area contributed by atoms with Gasteiger partial charge in [-0.05, 0) is 12.8 Å². The number of hydrogen-bond acceptors (Lipinski definition) is 5. The Morgan fingerprint density at radius 2 is 2.00 bits per heavy atom. The van der Waals surface area contributed by atoms with Crippen molar-refractivity contribution in [2.24, 2.45) is 0 Å². The molecule has 2 rings (SSSR count). The predicted octanol–water partition coefficient (Wildman–Crippen LogP) is -1.76. The molecule has 8 nitrogen and oxygen atoms in total. The number of likely N-dealkylation sites (tertiary alicyclic amines) is 1. The van der Waals surface area contributed by atoms with Crippen LogP contribution in [0.25, 0.3) is 0 Å². The number of rotatable bonds is 6. The first-order valence-corrected chi connectivity index (χ1v) is 7.05. The molecule has 2 atom stereocenters. The molecule has 1 saturated heterocycles. The highest BCUT2D eigenvalue weighted by Crippen LogP contribution is 2.19. The summed E-state index contributed by atoms with van der Waals surface area (Å²) in [6.45, 7) is 0.00944. The van der Waals surface area contributed by atoms with Crippen LogP contribution in [0.1, 0.15) is 19.3 Å². The van der Waals surface area contributed by atoms with Crippen LogP contribution in [0.4, 0.5) is 0 Å². The molecule has 2 unspecified atom stereocenters. The summed E-state index contributed by atoms with van der Waals surface area (Å²) in [6.07, 6.45) is 1.35. The third-order valence-corrected chi connectivity index (χ3v) is 3.75. The van der Waals surface area contributed by atoms with Gasteiger partial charge in [-0.3, -0.25) is 19.3 Å². The second-order valence-electron chi connectivity index (χ2n) is 5.76. The Hall–Kier alpha value is -1.67. The van der Waals surface area contributed by atoms with Gasteiger partial charge >= 0.3 is 5.97 Å². The summed E-state index contributed by atoms with van der Waals surface area (Å²) in [5.41, 5.74) is 0. The van der Waals surface area contributed by atoms with Gasteiger partial charge in [0.25, 0.3) is 0 Å². The predicted molar refractivity (Wildman–Crippen MR) is 72.4 cm³/mol. The van der Waals surface area contributed by atoms with Crippen molar-refractivity contribution in [3.8, 4) is 0 Å². The maximum atomic E-state index is 12.0. The van der Waals surface area contributed by atoms with Crippen molar-refractivity contribution in [2.45, 2.75) is 37.5 Å². The van der Waals surface area contributed by atoms with E-state index in [9.17, 15) is 19.5 Å². The number of nitrogens with zero attached hydrogens (tertiary/aromatic N) is 2. The van der Waals surface area contributed by atoms with E-state index in [0.29, 0.717) is 0 Å². The maximum absolute atomic E-state index is 12.0. The second-order valence-corrected chi connectivity index (χ2v) is 5.76. The number of nitrogens with one attached hydrogen (secondary N) is 1. The third-order valence-electron chi connectivity index (χ3n) is 3.75. The topological polar surface area (TPSA) is 110 Å². The monoisotopic (exact) mass is 299 g/mol. The molecule has 3 N–H and O–H groups in total. The molecular weight excluding hydrogens is 278 g/mol. The van der Waals surface area contributed by atoms with Gasteiger partial charge in [-0.1, -0.05) is 0 Å². The number of likely N-dealkylation sites (N-methyl/N-ethyl adjacent to an activating group) is 1. The van der Waals surface area contributed by atoms with Crippen molar-refractivity contribution in [1.29, 1.82) is 0 Å². The average Bonchev–Trinajstić information content (AvgIpc) is 3.10. The zero-order valence-corrected chi connectivity index (χ0v) is 12.0. The van der Waals surface area contributed by atoms with Crippen LogP contribution in [0.2, 0.25) is 0 Å². The normalized spacial score (nSPS) is 25.6. The van der Waals surface area contributed by atoms with Gasteiger partial charge in [0.1, 0.15) is 6.04 Å². The molecule has 0 aromatic heterocycles. The van der Waals surface area contributed by atoms with Crippen LogP contribution in [0, 0.1) is 0 Å².